The number of para-hydroxylation sites is 1. The molecule has 0 unspecified atom stereocenters. The summed E-state index contributed by atoms with van der Waals surface area (Å²) in [6.45, 7) is 4.49. The lowest BCUT2D eigenvalue weighted by molar-refractivity contribution is -0.140. The Morgan fingerprint density at radius 3 is 2.47 bits per heavy atom. The standard InChI is InChI=1S/C22H28N4O4/c1-13-17(14(2)25(5)23-13)20(27)18-19(15-9-7-8-10-16(15)30-6)26(12-11-24(3)4)22(29)21(18)28/h7-10,19,27H,11-12H2,1-6H3/b20-18+/t19-/m1/s1. The Kier molecular flexibility index (Phi) is 5.98. The molecule has 1 aliphatic heterocycles. The Bertz CT molecular complexity index is 1020. The van der Waals surface area contributed by atoms with Crippen LogP contribution in [0.25, 0.3) is 5.76 Å². The number of ketones is 1. The van der Waals surface area contributed by atoms with Crippen molar-refractivity contribution in [1.29, 1.82) is 0 Å². The topological polar surface area (TPSA) is 87.9 Å². The molecule has 1 fully saturated rings. The van der Waals surface area contributed by atoms with Gasteiger partial charge in [-0.2, -0.15) is 5.10 Å². The molecule has 0 aliphatic carbocycles. The van der Waals surface area contributed by atoms with E-state index in [0.29, 0.717) is 41.4 Å². The Balaban J connectivity index is 2.25. The molecule has 8 heteroatoms. The van der Waals surface area contributed by atoms with Gasteiger partial charge in [0, 0.05) is 31.4 Å². The summed E-state index contributed by atoms with van der Waals surface area (Å²) >= 11 is 0. The van der Waals surface area contributed by atoms with Gasteiger partial charge < -0.3 is 19.6 Å². The molecule has 1 aliphatic rings. The summed E-state index contributed by atoms with van der Waals surface area (Å²) in [6, 6.07) is 6.49. The predicted octanol–water partition coefficient (Wildman–Crippen LogP) is 2.03. The number of rotatable bonds is 6. The molecular weight excluding hydrogens is 384 g/mol. The maximum absolute atomic E-state index is 13.1. The SMILES string of the molecule is COc1ccccc1[C@@H]1/C(=C(\O)c2c(C)nn(C)c2C)C(=O)C(=O)N1CCN(C)C. The second-order valence-electron chi connectivity index (χ2n) is 7.71. The Morgan fingerprint density at radius 2 is 1.90 bits per heavy atom. The second-order valence-corrected chi connectivity index (χ2v) is 7.71. The number of aromatic nitrogens is 2. The third-order valence-electron chi connectivity index (χ3n) is 5.51. The van der Waals surface area contributed by atoms with Crippen LogP contribution in [0.4, 0.5) is 0 Å². The molecule has 0 spiro atoms. The first-order chi connectivity index (χ1) is 14.2. The highest BCUT2D eigenvalue weighted by molar-refractivity contribution is 6.46. The molecule has 3 rings (SSSR count). The third kappa shape index (κ3) is 3.59. The number of Topliss-reactive ketones (excluding diaryl/α,β-unsaturated/α-hetero) is 1. The molecule has 160 valence electrons. The molecule has 1 aromatic heterocycles. The van der Waals surface area contributed by atoms with Gasteiger partial charge in [0.05, 0.1) is 30.0 Å². The molecule has 1 N–H and O–H groups in total. The van der Waals surface area contributed by atoms with Gasteiger partial charge in [0.15, 0.2) is 0 Å². The van der Waals surface area contributed by atoms with Crippen LogP contribution in [0.2, 0.25) is 0 Å². The van der Waals surface area contributed by atoms with E-state index in [-0.39, 0.29) is 11.3 Å². The number of aliphatic hydroxyl groups is 1. The first kappa shape index (κ1) is 21.6. The average molecular weight is 412 g/mol. The highest BCUT2D eigenvalue weighted by Gasteiger charge is 2.47. The second kappa shape index (κ2) is 8.31. The quantitative estimate of drug-likeness (QED) is 0.444. The van der Waals surface area contributed by atoms with Crippen LogP contribution in [0.15, 0.2) is 29.8 Å². The van der Waals surface area contributed by atoms with E-state index in [1.165, 1.54) is 4.90 Å². The summed E-state index contributed by atoms with van der Waals surface area (Å²) in [4.78, 5) is 29.5. The average Bonchev–Trinajstić information content (AvgIpc) is 3.11. The summed E-state index contributed by atoms with van der Waals surface area (Å²) in [6.07, 6.45) is 0. The largest absolute Gasteiger partial charge is 0.507 e. The van der Waals surface area contributed by atoms with Crippen molar-refractivity contribution in [3.63, 3.8) is 0 Å². The fraction of sp³-hybridized carbons (Fsp3) is 0.409. The van der Waals surface area contributed by atoms with Crippen molar-refractivity contribution in [3.8, 4) is 5.75 Å². The Morgan fingerprint density at radius 1 is 1.23 bits per heavy atom. The smallest absolute Gasteiger partial charge is 0.295 e. The molecule has 1 aromatic carbocycles. The molecule has 0 saturated carbocycles. The number of methoxy groups -OCH3 is 1. The lowest BCUT2D eigenvalue weighted by atomic mass is 9.94. The number of carbonyl (C=O) groups is 2. The van der Waals surface area contributed by atoms with Crippen molar-refractivity contribution < 1.29 is 19.4 Å². The summed E-state index contributed by atoms with van der Waals surface area (Å²) < 4.78 is 7.15. The molecular formula is C22H28N4O4. The van der Waals surface area contributed by atoms with E-state index in [0.717, 1.165) is 0 Å². The lowest BCUT2D eigenvalue weighted by Gasteiger charge is -2.27. The number of aryl methyl sites for hydroxylation is 2. The molecule has 0 bridgehead atoms. The number of likely N-dealkylation sites (N-methyl/N-ethyl adjacent to an activating group) is 1. The monoisotopic (exact) mass is 412 g/mol. The van der Waals surface area contributed by atoms with Crippen LogP contribution in [0.3, 0.4) is 0 Å². The van der Waals surface area contributed by atoms with Crippen molar-refractivity contribution in [2.75, 3.05) is 34.3 Å². The number of aliphatic hydroxyl groups excluding tert-OH is 1. The van der Waals surface area contributed by atoms with E-state index in [1.807, 2.05) is 44.1 Å². The number of nitrogens with zero attached hydrogens (tertiary/aromatic N) is 4. The zero-order valence-corrected chi connectivity index (χ0v) is 18.3. The van der Waals surface area contributed by atoms with Gasteiger partial charge in [0.2, 0.25) is 0 Å². The van der Waals surface area contributed by atoms with Gasteiger partial charge in [0.25, 0.3) is 11.7 Å². The molecule has 1 atom stereocenters. The van der Waals surface area contributed by atoms with Crippen molar-refractivity contribution in [3.05, 3.63) is 52.4 Å². The zero-order chi connectivity index (χ0) is 22.2. The molecule has 0 radical (unpaired) electrons. The number of amides is 1. The normalized spacial score (nSPS) is 18.5. The van der Waals surface area contributed by atoms with Gasteiger partial charge in [-0.3, -0.25) is 14.3 Å². The molecule has 1 saturated heterocycles. The zero-order valence-electron chi connectivity index (χ0n) is 18.3. The van der Waals surface area contributed by atoms with E-state index < -0.39 is 17.7 Å². The van der Waals surface area contributed by atoms with Crippen molar-refractivity contribution in [1.82, 2.24) is 19.6 Å². The molecule has 1 amide bonds. The molecule has 8 nitrogen and oxygen atoms in total. The summed E-state index contributed by atoms with van der Waals surface area (Å²) in [5, 5.41) is 15.6. The number of ether oxygens (including phenoxy) is 1. The van der Waals surface area contributed by atoms with Crippen LogP contribution in [0.1, 0.15) is 28.6 Å². The van der Waals surface area contributed by atoms with Gasteiger partial charge in [-0.05, 0) is 34.0 Å². The number of carbonyl (C=O) groups excluding carboxylic acids is 2. The first-order valence-electron chi connectivity index (χ1n) is 9.75. The lowest BCUT2D eigenvalue weighted by Crippen LogP contribution is -2.35. The van der Waals surface area contributed by atoms with Gasteiger partial charge in [-0.1, -0.05) is 18.2 Å². The van der Waals surface area contributed by atoms with Gasteiger partial charge >= 0.3 is 0 Å². The van der Waals surface area contributed by atoms with Crippen molar-refractivity contribution in [2.24, 2.45) is 7.05 Å². The van der Waals surface area contributed by atoms with E-state index in [2.05, 4.69) is 5.10 Å². The summed E-state index contributed by atoms with van der Waals surface area (Å²) in [5.74, 6) is -0.997. The van der Waals surface area contributed by atoms with Crippen molar-refractivity contribution >= 4 is 17.4 Å². The first-order valence-corrected chi connectivity index (χ1v) is 9.75. The van der Waals surface area contributed by atoms with E-state index >= 15 is 0 Å². The van der Waals surface area contributed by atoms with E-state index in [4.69, 9.17) is 4.74 Å². The molecule has 2 heterocycles. The minimum atomic E-state index is -0.750. The summed E-state index contributed by atoms with van der Waals surface area (Å²) in [7, 11) is 7.11. The van der Waals surface area contributed by atoms with Gasteiger partial charge in [-0.25, -0.2) is 0 Å². The van der Waals surface area contributed by atoms with Crippen LogP contribution < -0.4 is 4.74 Å². The van der Waals surface area contributed by atoms with E-state index in [9.17, 15) is 14.7 Å². The Hall–Kier alpha value is -3.13. The third-order valence-corrected chi connectivity index (χ3v) is 5.51. The van der Waals surface area contributed by atoms with Crippen LogP contribution in [-0.4, -0.2) is 70.7 Å². The minimum absolute atomic E-state index is 0.0578. The van der Waals surface area contributed by atoms with Crippen LogP contribution in [0, 0.1) is 13.8 Å². The van der Waals surface area contributed by atoms with E-state index in [1.54, 1.807) is 31.8 Å². The summed E-state index contributed by atoms with van der Waals surface area (Å²) in [5.41, 5.74) is 2.48. The van der Waals surface area contributed by atoms with Crippen molar-refractivity contribution in [2.45, 2.75) is 19.9 Å². The van der Waals surface area contributed by atoms with Crippen LogP contribution in [0.5, 0.6) is 5.75 Å². The number of hydrogen-bond acceptors (Lipinski definition) is 6. The van der Waals surface area contributed by atoms with Crippen LogP contribution in [-0.2, 0) is 16.6 Å². The van der Waals surface area contributed by atoms with Crippen LogP contribution >= 0.6 is 0 Å². The maximum Gasteiger partial charge on any atom is 0.295 e. The highest BCUT2D eigenvalue weighted by atomic mass is 16.5. The van der Waals surface area contributed by atoms with Gasteiger partial charge in [-0.15, -0.1) is 0 Å². The predicted molar refractivity (Wildman–Crippen MR) is 113 cm³/mol. The van der Waals surface area contributed by atoms with Gasteiger partial charge in [0.1, 0.15) is 11.5 Å². The fourth-order valence-corrected chi connectivity index (χ4v) is 3.89. The number of likely N-dealkylation sites (tertiary alicyclic amines) is 1. The number of hydrogen-bond donors (Lipinski definition) is 1. The molecule has 30 heavy (non-hydrogen) atoms. The highest BCUT2D eigenvalue weighted by Crippen LogP contribution is 2.43. The Labute approximate surface area is 176 Å². The minimum Gasteiger partial charge on any atom is -0.507 e. The number of benzene rings is 1. The fourth-order valence-electron chi connectivity index (χ4n) is 3.89. The maximum atomic E-state index is 13.1. The molecule has 2 aromatic rings.